The Morgan fingerprint density at radius 3 is 2.83 bits per heavy atom. The highest BCUT2D eigenvalue weighted by Gasteiger charge is 2.15. The molecule has 0 aromatic carbocycles. The number of aromatic nitrogens is 2. The average Bonchev–Trinajstić information content (AvgIpc) is 2.99. The smallest absolute Gasteiger partial charge is 0.240 e. The molecule has 2 rings (SSSR count). The highest BCUT2D eigenvalue weighted by molar-refractivity contribution is 7.09. The SMILES string of the molecule is CC(C)N(Cc1noc(CN)n1)Cc1cccs1. The van der Waals surface area contributed by atoms with Gasteiger partial charge < -0.3 is 10.3 Å². The van der Waals surface area contributed by atoms with Gasteiger partial charge in [0.05, 0.1) is 13.1 Å². The first-order valence-corrected chi connectivity index (χ1v) is 6.85. The molecule has 0 bridgehead atoms. The van der Waals surface area contributed by atoms with E-state index in [0.29, 0.717) is 30.8 Å². The largest absolute Gasteiger partial charge is 0.338 e. The van der Waals surface area contributed by atoms with E-state index in [1.54, 1.807) is 11.3 Å². The van der Waals surface area contributed by atoms with Gasteiger partial charge in [-0.3, -0.25) is 4.90 Å². The van der Waals surface area contributed by atoms with Crippen molar-refractivity contribution in [2.75, 3.05) is 0 Å². The van der Waals surface area contributed by atoms with Crippen LogP contribution >= 0.6 is 11.3 Å². The predicted octanol–water partition coefficient (Wildman–Crippen LogP) is 2.00. The molecule has 0 aliphatic rings. The summed E-state index contributed by atoms with van der Waals surface area (Å²) in [6.07, 6.45) is 0. The Balaban J connectivity index is 2.02. The highest BCUT2D eigenvalue weighted by atomic mass is 32.1. The molecule has 0 saturated heterocycles. The van der Waals surface area contributed by atoms with Crippen molar-refractivity contribution in [3.05, 3.63) is 34.1 Å². The zero-order valence-corrected chi connectivity index (χ0v) is 11.5. The summed E-state index contributed by atoms with van der Waals surface area (Å²) in [6.45, 7) is 6.20. The second-order valence-corrected chi connectivity index (χ2v) is 5.42. The van der Waals surface area contributed by atoms with Crippen LogP contribution in [0.3, 0.4) is 0 Å². The Hall–Kier alpha value is -1.24. The minimum atomic E-state index is 0.291. The summed E-state index contributed by atoms with van der Waals surface area (Å²) in [5.41, 5.74) is 5.46. The molecule has 0 unspecified atom stereocenters. The van der Waals surface area contributed by atoms with Gasteiger partial charge in [-0.15, -0.1) is 11.3 Å². The lowest BCUT2D eigenvalue weighted by atomic mass is 10.3. The molecule has 98 valence electrons. The number of thiophene rings is 1. The molecule has 2 aromatic rings. The zero-order chi connectivity index (χ0) is 13.0. The van der Waals surface area contributed by atoms with Crippen LogP contribution in [0.2, 0.25) is 0 Å². The fourth-order valence-electron chi connectivity index (χ4n) is 1.64. The second-order valence-electron chi connectivity index (χ2n) is 4.39. The number of nitrogens with zero attached hydrogens (tertiary/aromatic N) is 3. The summed E-state index contributed by atoms with van der Waals surface area (Å²) in [4.78, 5) is 7.88. The molecule has 0 amide bonds. The van der Waals surface area contributed by atoms with E-state index in [4.69, 9.17) is 10.3 Å². The third kappa shape index (κ3) is 3.38. The van der Waals surface area contributed by atoms with Crippen LogP contribution in [0.4, 0.5) is 0 Å². The Labute approximate surface area is 111 Å². The molecular formula is C12H18N4OS. The summed E-state index contributed by atoms with van der Waals surface area (Å²) < 4.78 is 5.02. The van der Waals surface area contributed by atoms with E-state index in [2.05, 4.69) is 46.4 Å². The van der Waals surface area contributed by atoms with Gasteiger partial charge in [0.25, 0.3) is 0 Å². The van der Waals surface area contributed by atoms with Gasteiger partial charge >= 0.3 is 0 Å². The lowest BCUT2D eigenvalue weighted by molar-refractivity contribution is 0.197. The van der Waals surface area contributed by atoms with Crippen molar-refractivity contribution in [1.82, 2.24) is 15.0 Å². The molecule has 0 aliphatic carbocycles. The van der Waals surface area contributed by atoms with Crippen molar-refractivity contribution in [2.45, 2.75) is 39.5 Å². The van der Waals surface area contributed by atoms with Gasteiger partial charge in [-0.2, -0.15) is 4.98 Å². The van der Waals surface area contributed by atoms with Gasteiger partial charge in [0, 0.05) is 17.5 Å². The molecule has 0 fully saturated rings. The fraction of sp³-hybridized carbons (Fsp3) is 0.500. The number of hydrogen-bond acceptors (Lipinski definition) is 6. The van der Waals surface area contributed by atoms with Crippen molar-refractivity contribution < 1.29 is 4.52 Å². The molecule has 2 aromatic heterocycles. The quantitative estimate of drug-likeness (QED) is 0.866. The van der Waals surface area contributed by atoms with E-state index in [1.165, 1.54) is 4.88 Å². The summed E-state index contributed by atoms with van der Waals surface area (Å²) >= 11 is 1.76. The van der Waals surface area contributed by atoms with Gasteiger partial charge in [0.1, 0.15) is 0 Å². The first-order chi connectivity index (χ1) is 8.69. The monoisotopic (exact) mass is 266 g/mol. The second kappa shape index (κ2) is 6.08. The van der Waals surface area contributed by atoms with Crippen LogP contribution in [0.1, 0.15) is 30.4 Å². The maximum absolute atomic E-state index is 5.46. The maximum atomic E-state index is 5.46. The summed E-state index contributed by atoms with van der Waals surface area (Å²) in [6, 6.07) is 4.63. The minimum Gasteiger partial charge on any atom is -0.338 e. The third-order valence-corrected chi connectivity index (χ3v) is 3.56. The Bertz CT molecular complexity index is 466. The van der Waals surface area contributed by atoms with Crippen LogP contribution in [0, 0.1) is 0 Å². The normalized spacial score (nSPS) is 11.6. The summed E-state index contributed by atoms with van der Waals surface area (Å²) in [5.74, 6) is 1.19. The molecule has 2 N–H and O–H groups in total. The topological polar surface area (TPSA) is 68.2 Å². The number of hydrogen-bond donors (Lipinski definition) is 1. The van der Waals surface area contributed by atoms with E-state index in [-0.39, 0.29) is 0 Å². The van der Waals surface area contributed by atoms with Crippen LogP contribution in [-0.2, 0) is 19.6 Å². The third-order valence-electron chi connectivity index (χ3n) is 2.70. The molecule has 2 heterocycles. The van der Waals surface area contributed by atoms with E-state index in [1.807, 2.05) is 0 Å². The molecule has 0 aliphatic heterocycles. The Morgan fingerprint density at radius 1 is 1.44 bits per heavy atom. The van der Waals surface area contributed by atoms with E-state index in [0.717, 1.165) is 6.54 Å². The molecule has 18 heavy (non-hydrogen) atoms. The van der Waals surface area contributed by atoms with E-state index in [9.17, 15) is 0 Å². The molecule has 5 nitrogen and oxygen atoms in total. The van der Waals surface area contributed by atoms with Crippen LogP contribution < -0.4 is 5.73 Å². The van der Waals surface area contributed by atoms with Crippen molar-refractivity contribution >= 4 is 11.3 Å². The molecule has 0 atom stereocenters. The van der Waals surface area contributed by atoms with Crippen LogP contribution in [0.25, 0.3) is 0 Å². The average molecular weight is 266 g/mol. The molecule has 6 heteroatoms. The van der Waals surface area contributed by atoms with Gasteiger partial charge in [0.15, 0.2) is 5.82 Å². The Kier molecular flexibility index (Phi) is 4.46. The predicted molar refractivity (Wildman–Crippen MR) is 70.9 cm³/mol. The van der Waals surface area contributed by atoms with E-state index < -0.39 is 0 Å². The van der Waals surface area contributed by atoms with Crippen LogP contribution in [0.5, 0.6) is 0 Å². The first kappa shape index (κ1) is 13.2. The molecule has 0 radical (unpaired) electrons. The van der Waals surface area contributed by atoms with Gasteiger partial charge in [0.2, 0.25) is 5.89 Å². The summed E-state index contributed by atoms with van der Waals surface area (Å²) in [5, 5.41) is 6.03. The maximum Gasteiger partial charge on any atom is 0.240 e. The van der Waals surface area contributed by atoms with Crippen molar-refractivity contribution in [3.8, 4) is 0 Å². The lowest BCUT2D eigenvalue weighted by Gasteiger charge is -2.24. The minimum absolute atomic E-state index is 0.291. The first-order valence-electron chi connectivity index (χ1n) is 5.97. The van der Waals surface area contributed by atoms with Crippen molar-refractivity contribution in [2.24, 2.45) is 5.73 Å². The summed E-state index contributed by atoms with van der Waals surface area (Å²) in [7, 11) is 0. The van der Waals surface area contributed by atoms with Crippen molar-refractivity contribution in [3.63, 3.8) is 0 Å². The van der Waals surface area contributed by atoms with E-state index >= 15 is 0 Å². The van der Waals surface area contributed by atoms with Crippen LogP contribution in [0.15, 0.2) is 22.0 Å². The van der Waals surface area contributed by atoms with Gasteiger partial charge in [-0.1, -0.05) is 11.2 Å². The highest BCUT2D eigenvalue weighted by Crippen LogP contribution is 2.15. The van der Waals surface area contributed by atoms with Gasteiger partial charge in [-0.25, -0.2) is 0 Å². The van der Waals surface area contributed by atoms with Crippen LogP contribution in [-0.4, -0.2) is 21.1 Å². The van der Waals surface area contributed by atoms with Gasteiger partial charge in [-0.05, 0) is 25.3 Å². The lowest BCUT2D eigenvalue weighted by Crippen LogP contribution is -2.30. The zero-order valence-electron chi connectivity index (χ0n) is 10.7. The molecule has 0 spiro atoms. The standard InChI is InChI=1S/C12H18N4OS/c1-9(2)16(7-10-4-3-5-18-10)8-11-14-12(6-13)17-15-11/h3-5,9H,6-8,13H2,1-2H3. The number of nitrogens with two attached hydrogens (primary N) is 1. The molecule has 0 saturated carbocycles. The fourth-order valence-corrected chi connectivity index (χ4v) is 2.37. The number of rotatable bonds is 6. The Morgan fingerprint density at radius 2 is 2.28 bits per heavy atom. The van der Waals surface area contributed by atoms with Crippen molar-refractivity contribution in [1.29, 1.82) is 0 Å². The molecular weight excluding hydrogens is 248 g/mol.